The van der Waals surface area contributed by atoms with Crippen molar-refractivity contribution in [1.29, 1.82) is 0 Å². The van der Waals surface area contributed by atoms with Crippen molar-refractivity contribution in [2.75, 3.05) is 19.3 Å². The minimum Gasteiger partial charge on any atom is -0.355 e. The Bertz CT molecular complexity index is 377. The maximum Gasteiger partial charge on any atom is 0.236 e. The molecule has 0 aliphatic heterocycles. The summed E-state index contributed by atoms with van der Waals surface area (Å²) in [5.74, 6) is -0.0830. The first-order chi connectivity index (χ1) is 8.62. The fourth-order valence-electron chi connectivity index (χ4n) is 1.36. The Morgan fingerprint density at radius 3 is 2.32 bits per heavy atom. The average Bonchev–Trinajstić information content (AvgIpc) is 2.30. The van der Waals surface area contributed by atoms with Gasteiger partial charge in [0.15, 0.2) is 9.84 Å². The predicted molar refractivity (Wildman–Crippen MR) is 78.9 cm³/mol. The van der Waals surface area contributed by atoms with E-state index in [-0.39, 0.29) is 18.5 Å². The molecule has 1 amide bonds. The van der Waals surface area contributed by atoms with Crippen LogP contribution in [0.4, 0.5) is 0 Å². The topological polar surface area (TPSA) is 75.3 Å². The number of carbonyl (C=O) groups is 1. The fraction of sp³-hybridized carbons (Fsp3) is 0.923. The highest BCUT2D eigenvalue weighted by Crippen LogP contribution is 2.13. The van der Waals surface area contributed by atoms with E-state index in [1.54, 1.807) is 20.8 Å². The minimum atomic E-state index is -3.14. The summed E-state index contributed by atoms with van der Waals surface area (Å²) < 4.78 is 22.2. The number of nitrogens with one attached hydrogen (secondary N) is 2. The number of amides is 1. The lowest BCUT2D eigenvalue weighted by Crippen LogP contribution is -2.49. The van der Waals surface area contributed by atoms with E-state index >= 15 is 0 Å². The highest BCUT2D eigenvalue weighted by molar-refractivity contribution is 7.92. The van der Waals surface area contributed by atoms with Crippen LogP contribution in [0, 0.1) is 0 Å². The van der Waals surface area contributed by atoms with Gasteiger partial charge in [0.2, 0.25) is 5.91 Å². The Balaban J connectivity index is 4.10. The molecule has 5 nitrogen and oxygen atoms in total. The molecular formula is C13H28N2O3S. The molecule has 0 bridgehead atoms. The molecule has 2 N–H and O–H groups in total. The molecule has 6 heteroatoms. The van der Waals surface area contributed by atoms with E-state index in [9.17, 15) is 13.2 Å². The predicted octanol–water partition coefficient (Wildman–Crippen LogP) is 1.09. The van der Waals surface area contributed by atoms with Gasteiger partial charge in [-0.15, -0.1) is 0 Å². The Labute approximate surface area is 117 Å². The third-order valence-corrected chi connectivity index (χ3v) is 5.46. The summed E-state index contributed by atoms with van der Waals surface area (Å²) >= 11 is 0. The minimum absolute atomic E-state index is 0.0830. The van der Waals surface area contributed by atoms with E-state index in [4.69, 9.17) is 0 Å². The largest absolute Gasteiger partial charge is 0.355 e. The lowest BCUT2D eigenvalue weighted by Gasteiger charge is -2.25. The lowest BCUT2D eigenvalue weighted by atomic mass is 10.2. The highest BCUT2D eigenvalue weighted by atomic mass is 32.2. The molecule has 1 atom stereocenters. The molecule has 0 fully saturated rings. The molecule has 0 radical (unpaired) electrons. The van der Waals surface area contributed by atoms with Crippen molar-refractivity contribution in [2.45, 2.75) is 57.7 Å². The van der Waals surface area contributed by atoms with E-state index in [0.717, 1.165) is 19.3 Å². The average molecular weight is 292 g/mol. The van der Waals surface area contributed by atoms with E-state index < -0.39 is 14.6 Å². The van der Waals surface area contributed by atoms with E-state index in [2.05, 4.69) is 17.6 Å². The summed E-state index contributed by atoms with van der Waals surface area (Å²) in [6.45, 7) is 8.10. The van der Waals surface area contributed by atoms with E-state index in [1.807, 2.05) is 0 Å². The zero-order valence-electron chi connectivity index (χ0n) is 12.7. The molecule has 0 aliphatic rings. The Morgan fingerprint density at radius 1 is 1.26 bits per heavy atom. The van der Waals surface area contributed by atoms with Crippen LogP contribution in [0.25, 0.3) is 0 Å². The fourth-order valence-corrected chi connectivity index (χ4v) is 1.71. The van der Waals surface area contributed by atoms with Gasteiger partial charge in [0.25, 0.3) is 0 Å². The van der Waals surface area contributed by atoms with Gasteiger partial charge in [-0.1, -0.05) is 19.8 Å². The summed E-state index contributed by atoms with van der Waals surface area (Å²) in [6.07, 6.45) is 4.41. The number of carbonyl (C=O) groups excluding carboxylic acids is 1. The summed E-state index contributed by atoms with van der Waals surface area (Å²) in [6, 6.07) is -0.386. The van der Waals surface area contributed by atoms with Gasteiger partial charge in [-0.2, -0.15) is 0 Å². The molecule has 19 heavy (non-hydrogen) atoms. The summed E-state index contributed by atoms with van der Waals surface area (Å²) in [5.41, 5.74) is 0. The standard InChI is InChI=1S/C13H28N2O3S/c1-6-7-8-9-14-12(16)11(2)15-10-13(3,4)19(5,17)18/h11,15H,6-10H2,1-5H3,(H,14,16). The van der Waals surface area contributed by atoms with Crippen LogP contribution in [0.1, 0.15) is 47.0 Å². The van der Waals surface area contributed by atoms with Crippen LogP contribution in [-0.2, 0) is 14.6 Å². The van der Waals surface area contributed by atoms with Crippen LogP contribution >= 0.6 is 0 Å². The highest BCUT2D eigenvalue weighted by Gasteiger charge is 2.30. The molecule has 0 aromatic carbocycles. The van der Waals surface area contributed by atoms with Crippen LogP contribution < -0.4 is 10.6 Å². The molecule has 114 valence electrons. The molecule has 0 heterocycles. The van der Waals surface area contributed by atoms with Gasteiger partial charge in [-0.3, -0.25) is 4.79 Å². The van der Waals surface area contributed by atoms with Crippen LogP contribution in [0.2, 0.25) is 0 Å². The third kappa shape index (κ3) is 6.92. The molecule has 1 unspecified atom stereocenters. The maximum absolute atomic E-state index is 11.7. The zero-order valence-corrected chi connectivity index (χ0v) is 13.6. The van der Waals surface area contributed by atoms with Gasteiger partial charge in [0.05, 0.1) is 10.8 Å². The van der Waals surface area contributed by atoms with Gasteiger partial charge in [0.1, 0.15) is 0 Å². The van der Waals surface area contributed by atoms with Crippen molar-refractivity contribution in [3.05, 3.63) is 0 Å². The Hall–Kier alpha value is -0.620. The molecular weight excluding hydrogens is 264 g/mol. The summed E-state index contributed by atoms with van der Waals surface area (Å²) in [7, 11) is -3.14. The molecule has 0 rings (SSSR count). The van der Waals surface area contributed by atoms with Gasteiger partial charge in [0, 0.05) is 19.3 Å². The first-order valence-electron chi connectivity index (χ1n) is 6.82. The molecule has 0 saturated carbocycles. The third-order valence-electron chi connectivity index (χ3n) is 3.31. The molecule has 0 aromatic heterocycles. The number of sulfone groups is 1. The monoisotopic (exact) mass is 292 g/mol. The van der Waals surface area contributed by atoms with Crippen molar-refractivity contribution in [3.8, 4) is 0 Å². The number of hydrogen-bond acceptors (Lipinski definition) is 4. The quantitative estimate of drug-likeness (QED) is 0.624. The first kappa shape index (κ1) is 18.4. The van der Waals surface area contributed by atoms with Gasteiger partial charge < -0.3 is 10.6 Å². The van der Waals surface area contributed by atoms with Crippen LogP contribution in [0.3, 0.4) is 0 Å². The number of hydrogen-bond donors (Lipinski definition) is 2. The van der Waals surface area contributed by atoms with Crippen molar-refractivity contribution < 1.29 is 13.2 Å². The number of unbranched alkanes of at least 4 members (excludes halogenated alkanes) is 2. The smallest absolute Gasteiger partial charge is 0.236 e. The van der Waals surface area contributed by atoms with Gasteiger partial charge in [-0.25, -0.2) is 8.42 Å². The van der Waals surface area contributed by atoms with Gasteiger partial charge in [-0.05, 0) is 27.2 Å². The SMILES string of the molecule is CCCCCNC(=O)C(C)NCC(C)(C)S(C)(=O)=O. The molecule has 0 saturated heterocycles. The summed E-state index contributed by atoms with van der Waals surface area (Å²) in [5, 5.41) is 5.82. The lowest BCUT2D eigenvalue weighted by molar-refractivity contribution is -0.122. The Kier molecular flexibility index (Phi) is 7.59. The molecule has 0 spiro atoms. The Morgan fingerprint density at radius 2 is 1.84 bits per heavy atom. The normalized spacial score (nSPS) is 14.2. The van der Waals surface area contributed by atoms with Crippen molar-refractivity contribution >= 4 is 15.7 Å². The second-order valence-corrected chi connectivity index (χ2v) is 8.28. The second-order valence-electron chi connectivity index (χ2n) is 5.63. The second kappa shape index (κ2) is 7.85. The van der Waals surface area contributed by atoms with Crippen molar-refractivity contribution in [2.24, 2.45) is 0 Å². The van der Waals surface area contributed by atoms with E-state index in [1.165, 1.54) is 6.26 Å². The maximum atomic E-state index is 11.7. The van der Waals surface area contributed by atoms with Crippen LogP contribution in [-0.4, -0.2) is 44.5 Å². The van der Waals surface area contributed by atoms with Gasteiger partial charge >= 0.3 is 0 Å². The van der Waals surface area contributed by atoms with Crippen molar-refractivity contribution in [3.63, 3.8) is 0 Å². The molecule has 0 aromatic rings. The molecule has 0 aliphatic carbocycles. The van der Waals surface area contributed by atoms with E-state index in [0.29, 0.717) is 6.54 Å². The van der Waals surface area contributed by atoms with Crippen molar-refractivity contribution in [1.82, 2.24) is 10.6 Å². The van der Waals surface area contributed by atoms with Crippen LogP contribution in [0.15, 0.2) is 0 Å². The number of rotatable bonds is 9. The first-order valence-corrected chi connectivity index (χ1v) is 8.71. The zero-order chi connectivity index (χ0) is 15.1. The van der Waals surface area contributed by atoms with Crippen LogP contribution in [0.5, 0.6) is 0 Å². The summed E-state index contributed by atoms with van der Waals surface area (Å²) in [4.78, 5) is 11.7.